The molecular weight excluding hydrogens is 356 g/mol. The van der Waals surface area contributed by atoms with Gasteiger partial charge in [-0.3, -0.25) is 9.59 Å². The zero-order valence-corrected chi connectivity index (χ0v) is 16.8. The molecule has 0 radical (unpaired) electrons. The molecule has 2 aliphatic rings. The lowest BCUT2D eigenvalue weighted by Gasteiger charge is -2.41. The van der Waals surface area contributed by atoms with Gasteiger partial charge >= 0.3 is 0 Å². The number of hydrogen-bond donors (Lipinski definition) is 1. The number of methoxy groups -OCH3 is 1. The number of nitrogens with two attached hydrogens (primary N) is 1. The molecule has 0 spiro atoms. The van der Waals surface area contributed by atoms with Crippen molar-refractivity contribution in [3.8, 4) is 11.5 Å². The van der Waals surface area contributed by atoms with Crippen molar-refractivity contribution >= 4 is 11.8 Å². The van der Waals surface area contributed by atoms with Crippen molar-refractivity contribution in [2.24, 2.45) is 5.73 Å². The van der Waals surface area contributed by atoms with Crippen LogP contribution in [0, 0.1) is 0 Å². The standard InChI is InChI=1S/C22H32N2O4/c1-27-19-14-8-13-18(22(23)26)21(19)28-15-20(25)24(16-9-4-2-5-10-16)17-11-6-3-7-12-17/h8,13-14,16-17H,2-7,9-12,15H2,1H3,(H2,23,26). The van der Waals surface area contributed by atoms with Crippen molar-refractivity contribution in [3.05, 3.63) is 23.8 Å². The van der Waals surface area contributed by atoms with E-state index in [1.54, 1.807) is 18.2 Å². The Morgan fingerprint density at radius 3 is 2.07 bits per heavy atom. The van der Waals surface area contributed by atoms with Crippen LogP contribution >= 0.6 is 0 Å². The summed E-state index contributed by atoms with van der Waals surface area (Å²) in [5.74, 6) is 0.0574. The lowest BCUT2D eigenvalue weighted by molar-refractivity contribution is -0.140. The molecule has 0 aromatic heterocycles. The third-order valence-corrected chi connectivity index (χ3v) is 6.03. The number of hydrogen-bond acceptors (Lipinski definition) is 4. The van der Waals surface area contributed by atoms with E-state index in [0.29, 0.717) is 17.8 Å². The highest BCUT2D eigenvalue weighted by atomic mass is 16.5. The molecule has 0 unspecified atom stereocenters. The van der Waals surface area contributed by atoms with Crippen molar-refractivity contribution in [2.45, 2.75) is 76.3 Å². The van der Waals surface area contributed by atoms with E-state index in [1.807, 2.05) is 0 Å². The van der Waals surface area contributed by atoms with E-state index in [-0.39, 0.29) is 23.8 Å². The maximum absolute atomic E-state index is 13.2. The molecular formula is C22H32N2O4. The molecule has 0 saturated heterocycles. The van der Waals surface area contributed by atoms with Gasteiger partial charge in [0.05, 0.1) is 12.7 Å². The van der Waals surface area contributed by atoms with Crippen LogP contribution in [0.1, 0.15) is 74.6 Å². The number of nitrogens with zero attached hydrogens (tertiary/aromatic N) is 1. The number of amides is 2. The van der Waals surface area contributed by atoms with Crippen LogP contribution in [0.25, 0.3) is 0 Å². The van der Waals surface area contributed by atoms with Gasteiger partial charge < -0.3 is 20.1 Å². The normalized spacial score (nSPS) is 18.5. The molecule has 0 bridgehead atoms. The molecule has 2 fully saturated rings. The number of carbonyl (C=O) groups excluding carboxylic acids is 2. The number of primary amides is 1. The molecule has 0 heterocycles. The smallest absolute Gasteiger partial charge is 0.261 e. The summed E-state index contributed by atoms with van der Waals surface area (Å²) in [6.07, 6.45) is 11.5. The summed E-state index contributed by atoms with van der Waals surface area (Å²) in [7, 11) is 1.51. The summed E-state index contributed by atoms with van der Waals surface area (Å²) in [6.45, 7) is -0.104. The summed E-state index contributed by atoms with van der Waals surface area (Å²) < 4.78 is 11.1. The molecule has 2 saturated carbocycles. The number of para-hydroxylation sites is 1. The minimum absolute atomic E-state index is 0.000117. The van der Waals surface area contributed by atoms with Crippen molar-refractivity contribution in [1.82, 2.24) is 4.90 Å². The van der Waals surface area contributed by atoms with Gasteiger partial charge in [0.25, 0.3) is 11.8 Å². The van der Waals surface area contributed by atoms with Gasteiger partial charge in [-0.2, -0.15) is 0 Å². The first-order chi connectivity index (χ1) is 13.6. The number of benzene rings is 1. The molecule has 1 aromatic rings. The quantitative estimate of drug-likeness (QED) is 0.773. The second-order valence-corrected chi connectivity index (χ2v) is 7.87. The van der Waals surface area contributed by atoms with Gasteiger partial charge in [0.1, 0.15) is 0 Å². The zero-order valence-electron chi connectivity index (χ0n) is 16.8. The third-order valence-electron chi connectivity index (χ3n) is 6.03. The predicted octanol–water partition coefficient (Wildman–Crippen LogP) is 3.67. The maximum atomic E-state index is 13.2. The third kappa shape index (κ3) is 4.78. The van der Waals surface area contributed by atoms with Gasteiger partial charge in [0.15, 0.2) is 18.1 Å². The zero-order chi connectivity index (χ0) is 19.9. The molecule has 2 N–H and O–H groups in total. The highest BCUT2D eigenvalue weighted by molar-refractivity contribution is 5.96. The molecule has 6 nitrogen and oxygen atoms in total. The topological polar surface area (TPSA) is 81.9 Å². The van der Waals surface area contributed by atoms with Crippen molar-refractivity contribution in [1.29, 1.82) is 0 Å². The minimum Gasteiger partial charge on any atom is -0.493 e. The molecule has 0 atom stereocenters. The van der Waals surface area contributed by atoms with Crippen LogP contribution in [-0.4, -0.2) is 42.5 Å². The number of ether oxygens (including phenoxy) is 2. The lowest BCUT2D eigenvalue weighted by atomic mass is 9.88. The SMILES string of the molecule is COc1cccc(C(N)=O)c1OCC(=O)N(C1CCCCC1)C1CCCCC1. The van der Waals surface area contributed by atoms with Gasteiger partial charge in [0.2, 0.25) is 0 Å². The molecule has 3 rings (SSSR count). The van der Waals surface area contributed by atoms with Crippen molar-refractivity contribution in [2.75, 3.05) is 13.7 Å². The second kappa shape index (κ2) is 9.80. The van der Waals surface area contributed by atoms with Gasteiger partial charge in [-0.15, -0.1) is 0 Å². The summed E-state index contributed by atoms with van der Waals surface area (Å²) in [5.41, 5.74) is 5.70. The summed E-state index contributed by atoms with van der Waals surface area (Å²) >= 11 is 0. The highest BCUT2D eigenvalue weighted by Gasteiger charge is 2.32. The summed E-state index contributed by atoms with van der Waals surface area (Å²) in [5, 5.41) is 0. The molecule has 154 valence electrons. The Balaban J connectivity index is 1.76. The highest BCUT2D eigenvalue weighted by Crippen LogP contribution is 2.33. The fourth-order valence-electron chi connectivity index (χ4n) is 4.65. The Morgan fingerprint density at radius 1 is 1.00 bits per heavy atom. The first-order valence-corrected chi connectivity index (χ1v) is 10.5. The first kappa shape index (κ1) is 20.5. The largest absolute Gasteiger partial charge is 0.493 e. The summed E-state index contributed by atoms with van der Waals surface area (Å²) in [6, 6.07) is 5.59. The van der Waals surface area contributed by atoms with Crippen molar-refractivity contribution in [3.63, 3.8) is 0 Å². The first-order valence-electron chi connectivity index (χ1n) is 10.5. The van der Waals surface area contributed by atoms with Crippen LogP contribution in [0.4, 0.5) is 0 Å². The minimum atomic E-state index is -0.599. The Labute approximate surface area is 167 Å². The Kier molecular flexibility index (Phi) is 7.18. The maximum Gasteiger partial charge on any atom is 0.261 e. The Hall–Kier alpha value is -2.24. The van der Waals surface area contributed by atoms with Crippen LogP contribution in [0.5, 0.6) is 11.5 Å². The van der Waals surface area contributed by atoms with Gasteiger partial charge in [0, 0.05) is 12.1 Å². The van der Waals surface area contributed by atoms with Crippen LogP contribution in [0.15, 0.2) is 18.2 Å². The Bertz CT molecular complexity index is 661. The molecule has 2 amide bonds. The number of carbonyl (C=O) groups is 2. The van der Waals surface area contributed by atoms with E-state index >= 15 is 0 Å². The van der Waals surface area contributed by atoms with Crippen LogP contribution in [-0.2, 0) is 4.79 Å². The fraction of sp³-hybridized carbons (Fsp3) is 0.636. The molecule has 1 aromatic carbocycles. The van der Waals surface area contributed by atoms with Crippen molar-refractivity contribution < 1.29 is 19.1 Å². The molecule has 0 aliphatic heterocycles. The van der Waals surface area contributed by atoms with E-state index in [9.17, 15) is 9.59 Å². The van der Waals surface area contributed by atoms with E-state index in [0.717, 1.165) is 25.7 Å². The van der Waals surface area contributed by atoms with Crippen LogP contribution in [0.3, 0.4) is 0 Å². The predicted molar refractivity (Wildman–Crippen MR) is 108 cm³/mol. The molecule has 6 heteroatoms. The Morgan fingerprint density at radius 2 is 1.57 bits per heavy atom. The van der Waals surface area contributed by atoms with Crippen LogP contribution < -0.4 is 15.2 Å². The average Bonchev–Trinajstić information content (AvgIpc) is 2.73. The summed E-state index contributed by atoms with van der Waals surface area (Å²) in [4.78, 5) is 27.1. The van der Waals surface area contributed by atoms with E-state index < -0.39 is 5.91 Å². The van der Waals surface area contributed by atoms with E-state index in [2.05, 4.69) is 4.90 Å². The van der Waals surface area contributed by atoms with E-state index in [1.165, 1.54) is 45.6 Å². The fourth-order valence-corrected chi connectivity index (χ4v) is 4.65. The van der Waals surface area contributed by atoms with Gasteiger partial charge in [-0.25, -0.2) is 0 Å². The number of rotatable bonds is 7. The second-order valence-electron chi connectivity index (χ2n) is 7.87. The molecule has 28 heavy (non-hydrogen) atoms. The van der Waals surface area contributed by atoms with Gasteiger partial charge in [-0.05, 0) is 37.8 Å². The van der Waals surface area contributed by atoms with Gasteiger partial charge in [-0.1, -0.05) is 44.6 Å². The van der Waals surface area contributed by atoms with Crippen LogP contribution in [0.2, 0.25) is 0 Å². The average molecular weight is 389 g/mol. The van der Waals surface area contributed by atoms with E-state index in [4.69, 9.17) is 15.2 Å². The molecule has 2 aliphatic carbocycles. The monoisotopic (exact) mass is 388 g/mol. The lowest BCUT2D eigenvalue weighted by Crippen LogP contribution is -2.50.